The van der Waals surface area contributed by atoms with Crippen LogP contribution in [-0.4, -0.2) is 11.5 Å². The molecule has 1 aromatic carbocycles. The van der Waals surface area contributed by atoms with Crippen LogP contribution in [-0.2, 0) is 0 Å². The van der Waals surface area contributed by atoms with Crippen LogP contribution in [0.5, 0.6) is 5.75 Å². The molecule has 4 heteroatoms. The minimum absolute atomic E-state index is 0.283. The van der Waals surface area contributed by atoms with Gasteiger partial charge in [0.25, 0.3) is 0 Å². The molecule has 1 radical (unpaired) electrons. The number of para-hydroxylation sites is 1. The Morgan fingerprint density at radius 2 is 2.08 bits per heavy atom. The van der Waals surface area contributed by atoms with Gasteiger partial charge >= 0.3 is 0 Å². The van der Waals surface area contributed by atoms with Crippen LogP contribution in [0.1, 0.15) is 0 Å². The van der Waals surface area contributed by atoms with E-state index in [2.05, 4.69) is 0 Å². The van der Waals surface area contributed by atoms with Gasteiger partial charge in [-0.2, -0.15) is 0 Å². The molecule has 0 atom stereocenters. The highest BCUT2D eigenvalue weighted by atomic mass is 16.6. The molecule has 0 saturated carbocycles. The second kappa shape index (κ2) is 4.33. The number of nitro groups is 1. The third-order valence-electron chi connectivity index (χ3n) is 1.19. The molecule has 0 bridgehead atoms. The largest absolute Gasteiger partial charge is 0.479 e. The van der Waals surface area contributed by atoms with E-state index in [1.54, 1.807) is 24.3 Å². The number of rotatable bonds is 4. The van der Waals surface area contributed by atoms with E-state index >= 15 is 0 Å². The van der Waals surface area contributed by atoms with Crippen molar-refractivity contribution in [2.24, 2.45) is 0 Å². The molecule has 0 spiro atoms. The van der Waals surface area contributed by atoms with Crippen molar-refractivity contribution in [1.82, 2.24) is 0 Å². The Bertz CT molecular complexity index is 248. The first-order valence-electron chi connectivity index (χ1n) is 3.44. The zero-order valence-corrected chi connectivity index (χ0v) is 6.34. The minimum Gasteiger partial charge on any atom is -0.479 e. The fraction of sp³-hybridized carbons (Fsp3) is 0.125. The van der Waals surface area contributed by atoms with Gasteiger partial charge in [0.15, 0.2) is 0 Å². The van der Waals surface area contributed by atoms with Gasteiger partial charge in [-0.15, -0.1) is 0 Å². The topological polar surface area (TPSA) is 52.4 Å². The van der Waals surface area contributed by atoms with Gasteiger partial charge in [-0.25, -0.2) is 0 Å². The van der Waals surface area contributed by atoms with Crippen molar-refractivity contribution >= 4 is 0 Å². The van der Waals surface area contributed by atoms with Crippen LogP contribution in [0.4, 0.5) is 0 Å². The first-order valence-corrected chi connectivity index (χ1v) is 3.44. The molecule has 0 unspecified atom stereocenters. The van der Waals surface area contributed by atoms with Crippen molar-refractivity contribution in [3.05, 3.63) is 47.1 Å². The molecule has 0 aliphatic heterocycles. The molecule has 0 N–H and O–H groups in total. The van der Waals surface area contributed by atoms with E-state index < -0.39 is 4.92 Å². The van der Waals surface area contributed by atoms with Gasteiger partial charge in [0.2, 0.25) is 13.2 Å². The van der Waals surface area contributed by atoms with Gasteiger partial charge in [0.1, 0.15) is 5.75 Å². The Kier molecular flexibility index (Phi) is 3.07. The maximum absolute atomic E-state index is 9.88. The number of benzene rings is 1. The molecule has 63 valence electrons. The van der Waals surface area contributed by atoms with Gasteiger partial charge in [-0.1, -0.05) is 18.2 Å². The van der Waals surface area contributed by atoms with E-state index in [9.17, 15) is 10.1 Å². The Morgan fingerprint density at radius 1 is 1.42 bits per heavy atom. The zero-order valence-electron chi connectivity index (χ0n) is 6.34. The molecule has 0 saturated heterocycles. The number of hydrogen-bond acceptors (Lipinski definition) is 3. The lowest BCUT2D eigenvalue weighted by atomic mass is 10.3. The highest BCUT2D eigenvalue weighted by Gasteiger charge is 1.98. The van der Waals surface area contributed by atoms with Gasteiger partial charge in [-0.05, 0) is 12.1 Å². The Labute approximate surface area is 69.9 Å². The van der Waals surface area contributed by atoms with E-state index in [0.717, 1.165) is 6.61 Å². The predicted octanol–water partition coefficient (Wildman–Crippen LogP) is 1.50. The Balaban J connectivity index is 2.29. The lowest BCUT2D eigenvalue weighted by molar-refractivity contribution is -0.475. The highest BCUT2D eigenvalue weighted by molar-refractivity contribution is 5.21. The maximum atomic E-state index is 9.88. The van der Waals surface area contributed by atoms with Crippen LogP contribution in [0, 0.1) is 16.7 Å². The van der Waals surface area contributed by atoms with Crippen LogP contribution in [0.2, 0.25) is 0 Å². The van der Waals surface area contributed by atoms with Crippen molar-refractivity contribution in [1.29, 1.82) is 0 Å². The third-order valence-corrected chi connectivity index (χ3v) is 1.19. The van der Waals surface area contributed by atoms with Crippen LogP contribution in [0.25, 0.3) is 0 Å². The molecule has 12 heavy (non-hydrogen) atoms. The van der Waals surface area contributed by atoms with Gasteiger partial charge in [0.05, 0.1) is 0 Å². The molecule has 0 amide bonds. The fourth-order valence-corrected chi connectivity index (χ4v) is 0.693. The number of nitrogens with zero attached hydrogens (tertiary/aromatic N) is 1. The molecular weight excluding hydrogens is 158 g/mol. The summed E-state index contributed by atoms with van der Waals surface area (Å²) in [6.07, 6.45) is 0. The molecular formula is C8H8NO3. The predicted molar refractivity (Wildman–Crippen MR) is 43.2 cm³/mol. The molecule has 0 aliphatic rings. The van der Waals surface area contributed by atoms with Crippen molar-refractivity contribution in [3.8, 4) is 5.75 Å². The van der Waals surface area contributed by atoms with Crippen LogP contribution >= 0.6 is 0 Å². The summed E-state index contributed by atoms with van der Waals surface area (Å²) in [6, 6.07) is 8.91. The van der Waals surface area contributed by atoms with Gasteiger partial charge in [0, 0.05) is 4.92 Å². The SMILES string of the molecule is O=[N+]([O-])C[CH]Oc1ccccc1. The van der Waals surface area contributed by atoms with Crippen molar-refractivity contribution in [3.63, 3.8) is 0 Å². The van der Waals surface area contributed by atoms with E-state index in [1.165, 1.54) is 0 Å². The summed E-state index contributed by atoms with van der Waals surface area (Å²) in [6.45, 7) is 0.879. The number of hydrogen-bond donors (Lipinski definition) is 0. The maximum Gasteiger partial charge on any atom is 0.244 e. The summed E-state index contributed by atoms with van der Waals surface area (Å²) in [7, 11) is 0. The minimum atomic E-state index is -0.455. The smallest absolute Gasteiger partial charge is 0.244 e. The van der Waals surface area contributed by atoms with Crippen molar-refractivity contribution in [2.45, 2.75) is 0 Å². The summed E-state index contributed by atoms with van der Waals surface area (Å²) >= 11 is 0. The van der Waals surface area contributed by atoms with E-state index in [1.807, 2.05) is 6.07 Å². The zero-order chi connectivity index (χ0) is 8.81. The van der Waals surface area contributed by atoms with E-state index in [0.29, 0.717) is 5.75 Å². The molecule has 1 aromatic rings. The van der Waals surface area contributed by atoms with Gasteiger partial charge in [-0.3, -0.25) is 10.1 Å². The lowest BCUT2D eigenvalue weighted by Gasteiger charge is -2.00. The second-order valence-corrected chi connectivity index (χ2v) is 2.11. The summed E-state index contributed by atoms with van der Waals surface area (Å²) < 4.78 is 4.95. The van der Waals surface area contributed by atoms with Crippen molar-refractivity contribution in [2.75, 3.05) is 6.54 Å². The lowest BCUT2D eigenvalue weighted by Crippen LogP contribution is -2.05. The summed E-state index contributed by atoms with van der Waals surface area (Å²) in [5.41, 5.74) is 0. The van der Waals surface area contributed by atoms with Crippen LogP contribution in [0.3, 0.4) is 0 Å². The molecule has 0 fully saturated rings. The molecule has 0 heterocycles. The Morgan fingerprint density at radius 3 is 2.67 bits per heavy atom. The Hall–Kier alpha value is -1.58. The quantitative estimate of drug-likeness (QED) is 0.503. The average molecular weight is 166 g/mol. The first kappa shape index (κ1) is 8.52. The molecule has 4 nitrogen and oxygen atoms in total. The third kappa shape index (κ3) is 3.01. The standard InChI is InChI=1S/C8H8NO3/c10-9(11)6-7-12-8-4-2-1-3-5-8/h1-5,7H,6H2. The summed E-state index contributed by atoms with van der Waals surface area (Å²) in [5, 5.41) is 9.88. The molecule has 0 aromatic heterocycles. The van der Waals surface area contributed by atoms with Gasteiger partial charge < -0.3 is 4.74 Å². The fourth-order valence-electron chi connectivity index (χ4n) is 0.693. The van der Waals surface area contributed by atoms with Crippen LogP contribution < -0.4 is 4.74 Å². The van der Waals surface area contributed by atoms with Crippen LogP contribution in [0.15, 0.2) is 30.3 Å². The summed E-state index contributed by atoms with van der Waals surface area (Å²) in [4.78, 5) is 9.43. The average Bonchev–Trinajstić information content (AvgIpc) is 2.05. The second-order valence-electron chi connectivity index (χ2n) is 2.11. The molecule has 1 rings (SSSR count). The number of ether oxygens (including phenoxy) is 1. The normalized spacial score (nSPS) is 9.33. The van der Waals surface area contributed by atoms with Crippen molar-refractivity contribution < 1.29 is 9.66 Å². The van der Waals surface area contributed by atoms with E-state index in [4.69, 9.17) is 4.74 Å². The first-order chi connectivity index (χ1) is 5.79. The highest BCUT2D eigenvalue weighted by Crippen LogP contribution is 2.08. The monoisotopic (exact) mass is 166 g/mol. The summed E-state index contributed by atoms with van der Waals surface area (Å²) in [5.74, 6) is 0.611. The van der Waals surface area contributed by atoms with E-state index in [-0.39, 0.29) is 6.54 Å². The molecule has 0 aliphatic carbocycles.